The summed E-state index contributed by atoms with van der Waals surface area (Å²) in [5.74, 6) is 0. The Kier molecular flexibility index (Phi) is 3.92. The van der Waals surface area contributed by atoms with Crippen LogP contribution in [0.15, 0.2) is 12.1 Å². The fourth-order valence-electron chi connectivity index (χ4n) is 0.821. The van der Waals surface area contributed by atoms with Gasteiger partial charge >= 0.3 is 0 Å². The van der Waals surface area contributed by atoms with Crippen LogP contribution in [0, 0.1) is 26.8 Å². The van der Waals surface area contributed by atoms with E-state index in [4.69, 9.17) is 0 Å². The van der Waals surface area contributed by atoms with Gasteiger partial charge in [-0.1, -0.05) is 20.8 Å². The summed E-state index contributed by atoms with van der Waals surface area (Å²) in [5, 5.41) is 0. The van der Waals surface area contributed by atoms with Crippen molar-refractivity contribution in [2.75, 3.05) is 0 Å². The van der Waals surface area contributed by atoms with E-state index in [1.165, 1.54) is 16.7 Å². The van der Waals surface area contributed by atoms with Crippen molar-refractivity contribution in [1.82, 2.24) is 0 Å². The molecule has 1 aromatic rings. The SMILES string of the molecule is Cc1[c-]ccc(C)c1C.[Ti]. The zero-order valence-electron chi connectivity index (χ0n) is 6.65. The van der Waals surface area contributed by atoms with Gasteiger partial charge in [0.2, 0.25) is 0 Å². The summed E-state index contributed by atoms with van der Waals surface area (Å²) in [6.07, 6.45) is 0. The molecule has 0 bridgehead atoms. The summed E-state index contributed by atoms with van der Waals surface area (Å²) in [5.41, 5.74) is 3.97. The van der Waals surface area contributed by atoms with Gasteiger partial charge in [-0.2, -0.15) is 34.9 Å². The monoisotopic (exact) mass is 167 g/mol. The first-order chi connectivity index (χ1) is 4.22. The van der Waals surface area contributed by atoms with Crippen molar-refractivity contribution in [1.29, 1.82) is 0 Å². The molecule has 0 aliphatic rings. The fraction of sp³-hybridized carbons (Fsp3) is 0.333. The molecule has 1 heteroatoms. The molecule has 0 radical (unpaired) electrons. The van der Waals surface area contributed by atoms with Gasteiger partial charge in [-0.15, -0.1) is 0 Å². The van der Waals surface area contributed by atoms with Gasteiger partial charge < -0.3 is 0 Å². The summed E-state index contributed by atoms with van der Waals surface area (Å²) in [6.45, 7) is 6.33. The Morgan fingerprint density at radius 3 is 2.20 bits per heavy atom. The van der Waals surface area contributed by atoms with Crippen LogP contribution < -0.4 is 0 Å². The van der Waals surface area contributed by atoms with Gasteiger partial charge in [0, 0.05) is 21.7 Å². The first-order valence-electron chi connectivity index (χ1n) is 3.16. The predicted octanol–water partition coefficient (Wildman–Crippen LogP) is 2.41. The summed E-state index contributed by atoms with van der Waals surface area (Å²) >= 11 is 0. The van der Waals surface area contributed by atoms with E-state index >= 15 is 0 Å². The molecule has 0 saturated heterocycles. The molecule has 0 aliphatic heterocycles. The van der Waals surface area contributed by atoms with E-state index in [1.807, 2.05) is 6.07 Å². The third-order valence-electron chi connectivity index (χ3n) is 1.79. The van der Waals surface area contributed by atoms with Crippen molar-refractivity contribution in [2.45, 2.75) is 20.8 Å². The molecule has 0 nitrogen and oxygen atoms in total. The quantitative estimate of drug-likeness (QED) is 0.411. The minimum Gasteiger partial charge on any atom is -0.180 e. The van der Waals surface area contributed by atoms with Crippen LogP contribution >= 0.6 is 0 Å². The molecule has 1 aromatic carbocycles. The van der Waals surface area contributed by atoms with Gasteiger partial charge in [0.1, 0.15) is 0 Å². The smallest absolute Gasteiger partial charge is 0 e. The zero-order chi connectivity index (χ0) is 6.85. The second-order valence-electron chi connectivity index (χ2n) is 2.41. The Bertz CT molecular complexity index is 196. The third kappa shape index (κ3) is 1.96. The molecule has 0 N–H and O–H groups in total. The molecule has 0 amide bonds. The molecule has 0 heterocycles. The van der Waals surface area contributed by atoms with Gasteiger partial charge in [-0.3, -0.25) is 0 Å². The predicted molar refractivity (Wildman–Crippen MR) is 39.5 cm³/mol. The zero-order valence-corrected chi connectivity index (χ0v) is 8.22. The fourth-order valence-corrected chi connectivity index (χ4v) is 0.821. The average Bonchev–Trinajstić information content (AvgIpc) is 1.83. The van der Waals surface area contributed by atoms with Gasteiger partial charge in [-0.25, -0.2) is 0 Å². The molecule has 0 unspecified atom stereocenters. The Labute approximate surface area is 77.5 Å². The molecule has 0 aromatic heterocycles. The van der Waals surface area contributed by atoms with E-state index in [0.717, 1.165) is 0 Å². The van der Waals surface area contributed by atoms with E-state index in [0.29, 0.717) is 0 Å². The van der Waals surface area contributed by atoms with E-state index in [1.54, 1.807) is 0 Å². The molecule has 0 fully saturated rings. The maximum Gasteiger partial charge on any atom is 0 e. The van der Waals surface area contributed by atoms with Crippen molar-refractivity contribution in [2.24, 2.45) is 0 Å². The van der Waals surface area contributed by atoms with Gasteiger partial charge in [0.25, 0.3) is 0 Å². The number of aryl methyl sites for hydroxylation is 2. The van der Waals surface area contributed by atoms with E-state index < -0.39 is 0 Å². The standard InChI is InChI=1S/C9H11.Ti/c1-7-5-4-6-8(2)9(7)3;/h4-5H,1-3H3;/q-1;. The van der Waals surface area contributed by atoms with Crippen LogP contribution in [0.25, 0.3) is 0 Å². The van der Waals surface area contributed by atoms with Crippen LogP contribution in [-0.2, 0) is 21.7 Å². The second-order valence-corrected chi connectivity index (χ2v) is 2.41. The number of rotatable bonds is 0. The average molecular weight is 167 g/mol. The van der Waals surface area contributed by atoms with Gasteiger partial charge in [0.05, 0.1) is 0 Å². The number of hydrogen-bond donors (Lipinski definition) is 0. The second kappa shape index (κ2) is 3.95. The third-order valence-corrected chi connectivity index (χ3v) is 1.79. The molecule has 10 heavy (non-hydrogen) atoms. The van der Waals surface area contributed by atoms with Crippen LogP contribution in [-0.4, -0.2) is 0 Å². The first kappa shape index (κ1) is 9.93. The van der Waals surface area contributed by atoms with Crippen molar-refractivity contribution >= 4 is 0 Å². The van der Waals surface area contributed by atoms with Crippen LogP contribution in [0.5, 0.6) is 0 Å². The Hall–Kier alpha value is -0.0657. The number of hydrogen-bond acceptors (Lipinski definition) is 0. The maximum absolute atomic E-state index is 3.14. The van der Waals surface area contributed by atoms with Crippen LogP contribution in [0.2, 0.25) is 0 Å². The molecular formula is C9H11Ti-. The summed E-state index contributed by atoms with van der Waals surface area (Å²) in [7, 11) is 0. The van der Waals surface area contributed by atoms with Crippen molar-refractivity contribution < 1.29 is 21.7 Å². The minimum absolute atomic E-state index is 0. The van der Waals surface area contributed by atoms with E-state index in [-0.39, 0.29) is 21.7 Å². The molecule has 0 saturated carbocycles. The Morgan fingerprint density at radius 2 is 1.80 bits per heavy atom. The van der Waals surface area contributed by atoms with Crippen LogP contribution in [0.4, 0.5) is 0 Å². The summed E-state index contributed by atoms with van der Waals surface area (Å²) < 4.78 is 0. The topological polar surface area (TPSA) is 0 Å². The molecule has 1 rings (SSSR count). The van der Waals surface area contributed by atoms with Crippen molar-refractivity contribution in [3.05, 3.63) is 34.9 Å². The van der Waals surface area contributed by atoms with Gasteiger partial charge in [0.15, 0.2) is 0 Å². The Balaban J connectivity index is 0.000000810. The molecular weight excluding hydrogens is 156 g/mol. The van der Waals surface area contributed by atoms with Gasteiger partial charge in [-0.05, 0) is 0 Å². The molecule has 0 spiro atoms. The summed E-state index contributed by atoms with van der Waals surface area (Å²) in [4.78, 5) is 0. The van der Waals surface area contributed by atoms with E-state index in [2.05, 4.69) is 32.9 Å². The van der Waals surface area contributed by atoms with Crippen molar-refractivity contribution in [3.8, 4) is 0 Å². The minimum atomic E-state index is 0. The summed E-state index contributed by atoms with van der Waals surface area (Å²) in [6, 6.07) is 7.20. The normalized spacial score (nSPS) is 8.70. The first-order valence-corrected chi connectivity index (χ1v) is 3.16. The number of benzene rings is 1. The van der Waals surface area contributed by atoms with Crippen LogP contribution in [0.1, 0.15) is 16.7 Å². The van der Waals surface area contributed by atoms with E-state index in [9.17, 15) is 0 Å². The molecule has 0 aliphatic carbocycles. The molecule has 0 atom stereocenters. The Morgan fingerprint density at radius 1 is 1.20 bits per heavy atom. The maximum atomic E-state index is 3.14. The van der Waals surface area contributed by atoms with Crippen LogP contribution in [0.3, 0.4) is 0 Å². The molecule has 52 valence electrons. The largest absolute Gasteiger partial charge is 0.180 e. The van der Waals surface area contributed by atoms with Crippen molar-refractivity contribution in [3.63, 3.8) is 0 Å².